The summed E-state index contributed by atoms with van der Waals surface area (Å²) >= 11 is 5.94. The highest BCUT2D eigenvalue weighted by atomic mass is 32.5. The highest BCUT2D eigenvalue weighted by molar-refractivity contribution is 8.07. The first-order valence-corrected chi connectivity index (χ1v) is 22.9. The van der Waals surface area contributed by atoms with Crippen LogP contribution in [0.5, 0.6) is 0 Å². The Balaban J connectivity index is 1.09. The summed E-state index contributed by atoms with van der Waals surface area (Å²) in [5.41, 5.74) is 0.241. The number of carbonyl (C=O) groups excluding carboxylic acids is 2. The third-order valence-corrected chi connectivity index (χ3v) is 13.5. The number of fused-ring (bicyclic) bond motifs is 5. The number of hydrogen-bond acceptors (Lipinski definition) is 18. The molecule has 2 bridgehead atoms. The predicted octanol–water partition coefficient (Wildman–Crippen LogP) is 2.42. The van der Waals surface area contributed by atoms with Gasteiger partial charge in [0.25, 0.3) is 11.5 Å². The van der Waals surface area contributed by atoms with Gasteiger partial charge in [0, 0.05) is 30.4 Å². The van der Waals surface area contributed by atoms with Crippen LogP contribution in [-0.2, 0) is 54.1 Å². The Kier molecular flexibility index (Phi) is 12.1. The number of nitrogens with zero attached hydrogens (tertiary/aromatic N) is 8. The molecule has 3 aliphatic rings. The van der Waals surface area contributed by atoms with Crippen molar-refractivity contribution >= 4 is 74.7 Å². The van der Waals surface area contributed by atoms with E-state index < -0.39 is 83.1 Å². The molecule has 1 aromatic carbocycles. The average Bonchev–Trinajstić information content (AvgIpc) is 4.02. The van der Waals surface area contributed by atoms with Gasteiger partial charge in [0.05, 0.1) is 44.5 Å². The van der Waals surface area contributed by atoms with Gasteiger partial charge < -0.3 is 28.4 Å². The van der Waals surface area contributed by atoms with Crippen LogP contribution < -0.4 is 20.9 Å². The van der Waals surface area contributed by atoms with Crippen molar-refractivity contribution in [2.24, 2.45) is 11.8 Å². The third-order valence-electron chi connectivity index (χ3n) is 10.1. The first-order chi connectivity index (χ1) is 29.2. The molecule has 0 radical (unpaired) electrons. The molecule has 61 heavy (non-hydrogen) atoms. The Morgan fingerprint density at radius 1 is 1.05 bits per heavy atom. The van der Waals surface area contributed by atoms with Crippen LogP contribution in [0.4, 0.5) is 11.8 Å². The molecule has 4 N–H and O–H groups in total. The molecule has 2 amide bonds. The summed E-state index contributed by atoms with van der Waals surface area (Å²) in [5.74, 6) is -1.82. The van der Waals surface area contributed by atoms with Crippen LogP contribution >= 0.6 is 6.72 Å². The van der Waals surface area contributed by atoms with E-state index in [0.29, 0.717) is 5.56 Å². The van der Waals surface area contributed by atoms with Gasteiger partial charge in [0.1, 0.15) is 30.9 Å². The lowest BCUT2D eigenvalue weighted by molar-refractivity contribution is -0.118. The van der Waals surface area contributed by atoms with Gasteiger partial charge >= 0.3 is 17.0 Å². The van der Waals surface area contributed by atoms with Crippen molar-refractivity contribution in [2.75, 3.05) is 30.4 Å². The lowest BCUT2D eigenvalue weighted by Crippen LogP contribution is -2.39. The van der Waals surface area contributed by atoms with Crippen LogP contribution in [-0.4, -0.2) is 103 Å². The number of ether oxygens (including phenoxy) is 2. The molecule has 5 aromatic rings. The minimum absolute atomic E-state index is 0.0233. The number of nitrogens with one attached hydrogen (secondary N) is 4. The van der Waals surface area contributed by atoms with Crippen molar-refractivity contribution in [3.8, 4) is 6.07 Å². The van der Waals surface area contributed by atoms with E-state index in [2.05, 4.69) is 45.3 Å². The van der Waals surface area contributed by atoms with Gasteiger partial charge in [-0.2, -0.15) is 23.4 Å². The van der Waals surface area contributed by atoms with Gasteiger partial charge in [-0.25, -0.2) is 19.9 Å². The van der Waals surface area contributed by atoms with Crippen LogP contribution in [0.3, 0.4) is 0 Å². The Labute approximate surface area is 352 Å². The van der Waals surface area contributed by atoms with Crippen molar-refractivity contribution in [1.82, 2.24) is 43.8 Å². The summed E-state index contributed by atoms with van der Waals surface area (Å²) in [6.07, 6.45) is -2.29. The number of amides is 2. The van der Waals surface area contributed by atoms with E-state index in [0.717, 1.165) is 0 Å². The second-order valence-electron chi connectivity index (χ2n) is 14.5. The topological polar surface area (TPSA) is 291 Å². The lowest BCUT2D eigenvalue weighted by Gasteiger charge is -2.30. The molecule has 8 atom stereocenters. The summed E-state index contributed by atoms with van der Waals surface area (Å²) in [4.78, 5) is 62.6. The second kappa shape index (κ2) is 17.3. The van der Waals surface area contributed by atoms with E-state index in [4.69, 9.17) is 39.0 Å². The smallest absolute Gasteiger partial charge is 0.336 e. The summed E-state index contributed by atoms with van der Waals surface area (Å²) in [6, 6.07) is 10.5. The first kappa shape index (κ1) is 42.6. The normalized spacial score (nSPS) is 27.8. The molecule has 0 spiro atoms. The van der Waals surface area contributed by atoms with E-state index in [1.54, 1.807) is 55.7 Å². The molecular weight excluding hydrogens is 860 g/mol. The largest absolute Gasteiger partial charge is 0.350 e. The van der Waals surface area contributed by atoms with Crippen molar-refractivity contribution in [3.63, 3.8) is 0 Å². The average molecular weight is 899 g/mol. The molecule has 3 fully saturated rings. The molecule has 8 rings (SSSR count). The minimum atomic E-state index is -4.49. The fraction of sp³-hybridized carbons (Fsp3) is 0.457. The van der Waals surface area contributed by atoms with Crippen LogP contribution in [0.2, 0.25) is 0 Å². The number of hydrogen-bond donors (Lipinski definition) is 4. The zero-order chi connectivity index (χ0) is 43.1. The standard InChI is InChI=1S/C35H39N12O11PS2/c1-18(2)31(48)44-35-43-30-26(33(50)45-35)40-17-47(30)34-27-19(3)22(56-34)13-41-61(51,52)58-21-12-24(55-23(21)14-54-59(60,57-27)53-11-7-10-36)46-16-39-25-28(37-15-38-29(25)46)42-32(49)20-8-5-4-6-9-20/h4-6,8-9,15-19,21-24,27,34,41H,7,11-14H2,1-3H3,(H,37,38,42,49)(H2,43,44,45,48,50)/t19-,21+,22-,23-,24?,27-,34-,59?/m1/s1. The molecule has 3 saturated heterocycles. The maximum absolute atomic E-state index is 13.6. The molecule has 3 aliphatic heterocycles. The lowest BCUT2D eigenvalue weighted by atomic mass is 10.0. The fourth-order valence-corrected chi connectivity index (χ4v) is 10.0. The maximum Gasteiger partial charge on any atom is 0.336 e. The van der Waals surface area contributed by atoms with Crippen LogP contribution in [0.1, 0.15) is 56.4 Å². The molecular formula is C35H39N12O11PS2. The Bertz CT molecular complexity index is 2730. The van der Waals surface area contributed by atoms with E-state index in [-0.39, 0.29) is 66.7 Å². The molecule has 2 unspecified atom stereocenters. The highest BCUT2D eigenvalue weighted by Gasteiger charge is 2.49. The zero-order valence-corrected chi connectivity index (χ0v) is 35.1. The Hall–Kier alpha value is -5.13. The summed E-state index contributed by atoms with van der Waals surface area (Å²) in [5, 5.41) is 14.6. The van der Waals surface area contributed by atoms with Crippen LogP contribution in [0.15, 0.2) is 54.1 Å². The van der Waals surface area contributed by atoms with Gasteiger partial charge in [-0.1, -0.05) is 39.0 Å². The molecule has 4 aromatic heterocycles. The molecule has 7 heterocycles. The Morgan fingerprint density at radius 3 is 2.59 bits per heavy atom. The first-order valence-electron chi connectivity index (χ1n) is 19.0. The molecule has 0 saturated carbocycles. The molecule has 26 heteroatoms. The number of H-pyrrole nitrogens is 1. The minimum Gasteiger partial charge on any atom is -0.350 e. The number of anilines is 2. The molecule has 23 nitrogen and oxygen atoms in total. The van der Waals surface area contributed by atoms with Crippen molar-refractivity contribution in [2.45, 2.75) is 70.5 Å². The van der Waals surface area contributed by atoms with E-state index in [1.807, 2.05) is 6.07 Å². The highest BCUT2D eigenvalue weighted by Crippen LogP contribution is 2.56. The van der Waals surface area contributed by atoms with Crippen LogP contribution in [0, 0.1) is 23.2 Å². The van der Waals surface area contributed by atoms with Gasteiger partial charge in [0.2, 0.25) is 11.9 Å². The number of aromatic amines is 1. The van der Waals surface area contributed by atoms with Gasteiger partial charge in [-0.05, 0) is 23.9 Å². The SMILES string of the molecule is CC(C)C(=O)Nc1nc2c(ncn2[C@@H]2O[C@@H]3CNS(=O)(=O)O[C@H]4CC(n5cnc6c(NC(=O)c7ccccc7)ncnc65)O[C@@H]4COP(=S)(OCCC#N)O[C@@H]2[C@@H]3C)c(=O)[nH]1. The third kappa shape index (κ3) is 8.96. The predicted molar refractivity (Wildman–Crippen MR) is 216 cm³/mol. The van der Waals surface area contributed by atoms with Crippen molar-refractivity contribution in [1.29, 1.82) is 5.26 Å². The Morgan fingerprint density at radius 2 is 1.82 bits per heavy atom. The van der Waals surface area contributed by atoms with Crippen LogP contribution in [0.25, 0.3) is 22.3 Å². The van der Waals surface area contributed by atoms with Gasteiger partial charge in [-0.3, -0.25) is 38.0 Å². The maximum atomic E-state index is 13.6. The van der Waals surface area contributed by atoms with E-state index >= 15 is 0 Å². The van der Waals surface area contributed by atoms with Crippen molar-refractivity contribution < 1.29 is 45.2 Å². The number of imidazole rings is 2. The molecule has 0 aliphatic carbocycles. The van der Waals surface area contributed by atoms with E-state index in [9.17, 15) is 28.1 Å². The van der Waals surface area contributed by atoms with Gasteiger partial charge in [0.15, 0.2) is 34.4 Å². The quantitative estimate of drug-likeness (QED) is 0.122. The number of aromatic nitrogens is 8. The second-order valence-corrected chi connectivity index (χ2v) is 18.9. The summed E-state index contributed by atoms with van der Waals surface area (Å²) in [6.45, 7) is 0.398. The monoisotopic (exact) mass is 898 g/mol. The summed E-state index contributed by atoms with van der Waals surface area (Å²) in [7, 11) is -4.49. The van der Waals surface area contributed by atoms with Crippen molar-refractivity contribution in [3.05, 3.63) is 65.2 Å². The summed E-state index contributed by atoms with van der Waals surface area (Å²) < 4.78 is 69.9. The zero-order valence-electron chi connectivity index (χ0n) is 32.6. The molecule has 322 valence electrons. The van der Waals surface area contributed by atoms with Gasteiger partial charge in [-0.15, -0.1) is 0 Å². The number of rotatable bonds is 9. The fourth-order valence-electron chi connectivity index (χ4n) is 6.93. The number of nitriles is 1. The van der Waals surface area contributed by atoms with E-state index in [1.165, 1.54) is 23.5 Å². The number of benzene rings is 1. The number of carbonyl (C=O) groups is 2.